The molecule has 0 radical (unpaired) electrons. The molecule has 166 valence electrons. The van der Waals surface area contributed by atoms with Gasteiger partial charge in [0, 0.05) is 13.0 Å². The van der Waals surface area contributed by atoms with Crippen molar-refractivity contribution in [3.8, 4) is 11.5 Å². The van der Waals surface area contributed by atoms with Gasteiger partial charge in [-0.1, -0.05) is 19.4 Å². The second-order valence-corrected chi connectivity index (χ2v) is 7.05. The van der Waals surface area contributed by atoms with Gasteiger partial charge in [0.2, 0.25) is 5.95 Å². The van der Waals surface area contributed by atoms with E-state index < -0.39 is 5.97 Å². The number of nitrogens with two attached hydrogens (primary N) is 1. The number of nitrogens with zero attached hydrogens (tertiary/aromatic N) is 4. The maximum absolute atomic E-state index is 10.7. The lowest BCUT2D eigenvalue weighted by Gasteiger charge is -2.15. The van der Waals surface area contributed by atoms with Gasteiger partial charge < -0.3 is 25.6 Å². The van der Waals surface area contributed by atoms with E-state index in [-0.39, 0.29) is 12.4 Å². The molecular formula is C21H28N6O4. The van der Waals surface area contributed by atoms with Gasteiger partial charge in [-0.3, -0.25) is 9.48 Å². The molecule has 3 rings (SSSR count). The molecule has 3 aromatic rings. The summed E-state index contributed by atoms with van der Waals surface area (Å²) < 4.78 is 13.1. The second kappa shape index (κ2) is 10.5. The minimum absolute atomic E-state index is 0.0533. The van der Waals surface area contributed by atoms with Crippen LogP contribution in [0.2, 0.25) is 0 Å². The molecule has 1 aromatic carbocycles. The predicted molar refractivity (Wildman–Crippen MR) is 118 cm³/mol. The summed E-state index contributed by atoms with van der Waals surface area (Å²) in [7, 11) is 1.59. The quantitative estimate of drug-likeness (QED) is 0.372. The van der Waals surface area contributed by atoms with Crippen molar-refractivity contribution in [2.24, 2.45) is 0 Å². The molecule has 0 aliphatic rings. The summed E-state index contributed by atoms with van der Waals surface area (Å²) in [5.41, 5.74) is 7.96. The molecule has 0 aliphatic carbocycles. The Hall–Kier alpha value is -3.56. The van der Waals surface area contributed by atoms with Crippen molar-refractivity contribution in [1.29, 1.82) is 0 Å². The first-order valence-corrected chi connectivity index (χ1v) is 10.3. The lowest BCUT2D eigenvalue weighted by molar-refractivity contribution is -0.137. The van der Waals surface area contributed by atoms with Crippen LogP contribution in [0.3, 0.4) is 0 Å². The van der Waals surface area contributed by atoms with Crippen molar-refractivity contribution in [2.45, 2.75) is 39.2 Å². The van der Waals surface area contributed by atoms with Crippen LogP contribution in [-0.2, 0) is 11.3 Å². The number of aromatic nitrogens is 4. The van der Waals surface area contributed by atoms with E-state index in [9.17, 15) is 4.79 Å². The zero-order valence-electron chi connectivity index (χ0n) is 17.8. The van der Waals surface area contributed by atoms with Gasteiger partial charge in [0.15, 0.2) is 11.3 Å². The lowest BCUT2D eigenvalue weighted by atomic mass is 10.1. The summed E-state index contributed by atoms with van der Waals surface area (Å²) in [5, 5.41) is 16.7. The molecule has 10 heteroatoms. The van der Waals surface area contributed by atoms with Crippen LogP contribution in [0, 0.1) is 0 Å². The van der Waals surface area contributed by atoms with Crippen molar-refractivity contribution in [2.75, 3.05) is 31.3 Å². The van der Waals surface area contributed by atoms with Crippen molar-refractivity contribution in [3.63, 3.8) is 0 Å². The zero-order valence-corrected chi connectivity index (χ0v) is 17.8. The molecule has 0 aliphatic heterocycles. The van der Waals surface area contributed by atoms with E-state index in [0.717, 1.165) is 24.9 Å². The molecule has 4 N–H and O–H groups in total. The Bertz CT molecular complexity index is 1040. The van der Waals surface area contributed by atoms with Gasteiger partial charge in [0.05, 0.1) is 32.0 Å². The SMILES string of the molecule is CCCCNc1nc(N)nc2cn(Cc3c(OC)cccc3OCCCC(=O)O)nc12. The summed E-state index contributed by atoms with van der Waals surface area (Å²) in [5.74, 6) is 1.23. The Morgan fingerprint density at radius 2 is 2.06 bits per heavy atom. The minimum Gasteiger partial charge on any atom is -0.496 e. The molecule has 0 amide bonds. The summed E-state index contributed by atoms with van der Waals surface area (Å²) in [4.78, 5) is 19.3. The van der Waals surface area contributed by atoms with Crippen LogP contribution in [0.25, 0.3) is 11.0 Å². The third kappa shape index (κ3) is 5.74. The van der Waals surface area contributed by atoms with Gasteiger partial charge in [-0.15, -0.1) is 0 Å². The maximum Gasteiger partial charge on any atom is 0.303 e. The smallest absolute Gasteiger partial charge is 0.303 e. The summed E-state index contributed by atoms with van der Waals surface area (Å²) in [6, 6.07) is 5.51. The Morgan fingerprint density at radius 1 is 1.26 bits per heavy atom. The van der Waals surface area contributed by atoms with Gasteiger partial charge in [-0.05, 0) is 25.0 Å². The number of hydrogen-bond acceptors (Lipinski definition) is 8. The maximum atomic E-state index is 10.7. The average Bonchev–Trinajstić information content (AvgIpc) is 3.14. The van der Waals surface area contributed by atoms with Gasteiger partial charge in [0.1, 0.15) is 17.0 Å². The number of nitrogen functional groups attached to an aromatic ring is 1. The molecule has 0 spiro atoms. The Morgan fingerprint density at radius 3 is 2.81 bits per heavy atom. The monoisotopic (exact) mass is 428 g/mol. The van der Waals surface area contributed by atoms with Gasteiger partial charge in [-0.25, -0.2) is 4.98 Å². The fraction of sp³-hybridized carbons (Fsp3) is 0.429. The van der Waals surface area contributed by atoms with Crippen molar-refractivity contribution >= 4 is 28.8 Å². The van der Waals surface area contributed by atoms with E-state index >= 15 is 0 Å². The number of fused-ring (bicyclic) bond motifs is 1. The molecule has 2 heterocycles. The number of unbranched alkanes of at least 4 members (excludes halogenated alkanes) is 1. The number of rotatable bonds is 12. The van der Waals surface area contributed by atoms with E-state index in [1.54, 1.807) is 18.0 Å². The van der Waals surface area contributed by atoms with Gasteiger partial charge in [0.25, 0.3) is 0 Å². The van der Waals surface area contributed by atoms with Gasteiger partial charge >= 0.3 is 5.97 Å². The number of carbonyl (C=O) groups is 1. The first-order chi connectivity index (χ1) is 15.0. The second-order valence-electron chi connectivity index (χ2n) is 7.05. The van der Waals surface area contributed by atoms with Crippen molar-refractivity contribution < 1.29 is 19.4 Å². The normalized spacial score (nSPS) is 10.9. The molecule has 10 nitrogen and oxygen atoms in total. The van der Waals surface area contributed by atoms with Crippen molar-refractivity contribution in [1.82, 2.24) is 19.7 Å². The lowest BCUT2D eigenvalue weighted by Crippen LogP contribution is -2.08. The molecule has 0 saturated carbocycles. The largest absolute Gasteiger partial charge is 0.496 e. The number of anilines is 2. The first kappa shape index (κ1) is 22.1. The summed E-state index contributed by atoms with van der Waals surface area (Å²) in [6.07, 6.45) is 4.35. The third-order valence-electron chi connectivity index (χ3n) is 4.67. The molecule has 0 unspecified atom stereocenters. The highest BCUT2D eigenvalue weighted by Crippen LogP contribution is 2.30. The van der Waals surface area contributed by atoms with Crippen LogP contribution in [0.5, 0.6) is 11.5 Å². The van der Waals surface area contributed by atoms with E-state index in [1.165, 1.54) is 0 Å². The van der Waals surface area contributed by atoms with Crippen LogP contribution < -0.4 is 20.5 Å². The van der Waals surface area contributed by atoms with E-state index in [1.807, 2.05) is 18.2 Å². The standard InChI is InChI=1S/C21H28N6O4/c1-3-4-10-23-20-19-15(24-21(22)25-20)13-27(26-19)12-14-16(30-2)7-5-8-17(14)31-11-6-9-18(28)29/h5,7-8,13H,3-4,6,9-12H2,1-2H3,(H,28,29)(H3,22,23,24,25). The number of ether oxygens (including phenoxy) is 2. The van der Waals surface area contributed by atoms with Crippen LogP contribution in [0.4, 0.5) is 11.8 Å². The molecule has 31 heavy (non-hydrogen) atoms. The summed E-state index contributed by atoms with van der Waals surface area (Å²) >= 11 is 0. The van der Waals surface area contributed by atoms with Gasteiger partial charge in [-0.2, -0.15) is 10.1 Å². The highest BCUT2D eigenvalue weighted by molar-refractivity contribution is 5.85. The number of carboxylic acids is 1. The fourth-order valence-corrected chi connectivity index (χ4v) is 3.16. The molecule has 0 atom stereocenters. The van der Waals surface area contributed by atoms with Crippen molar-refractivity contribution in [3.05, 3.63) is 30.0 Å². The zero-order chi connectivity index (χ0) is 22.2. The number of carboxylic acid groups (broad SMARTS) is 1. The number of methoxy groups -OCH3 is 1. The third-order valence-corrected chi connectivity index (χ3v) is 4.67. The first-order valence-electron chi connectivity index (χ1n) is 10.3. The number of hydrogen-bond donors (Lipinski definition) is 3. The van der Waals surface area contributed by atoms with E-state index in [4.69, 9.17) is 20.3 Å². The Balaban J connectivity index is 1.85. The Kier molecular flexibility index (Phi) is 7.47. The molecule has 2 aromatic heterocycles. The highest BCUT2D eigenvalue weighted by Gasteiger charge is 2.15. The molecule has 0 bridgehead atoms. The average molecular weight is 428 g/mol. The van der Waals surface area contributed by atoms with Crippen LogP contribution in [-0.4, -0.2) is 51.1 Å². The van der Waals surface area contributed by atoms with Crippen LogP contribution >= 0.6 is 0 Å². The van der Waals surface area contributed by atoms with Crippen LogP contribution in [0.15, 0.2) is 24.4 Å². The highest BCUT2D eigenvalue weighted by atomic mass is 16.5. The number of nitrogens with one attached hydrogen (secondary N) is 1. The predicted octanol–water partition coefficient (Wildman–Crippen LogP) is 2.92. The van der Waals surface area contributed by atoms with E-state index in [2.05, 4.69) is 27.3 Å². The Labute approximate surface area is 180 Å². The minimum atomic E-state index is -0.846. The molecular weight excluding hydrogens is 400 g/mol. The number of benzene rings is 1. The van der Waals surface area contributed by atoms with E-state index in [0.29, 0.717) is 47.9 Å². The topological polar surface area (TPSA) is 137 Å². The number of aliphatic carboxylic acids is 1. The molecule has 0 fully saturated rings. The fourth-order valence-electron chi connectivity index (χ4n) is 3.16. The summed E-state index contributed by atoms with van der Waals surface area (Å²) in [6.45, 7) is 3.56. The molecule has 0 saturated heterocycles. The van der Waals surface area contributed by atoms with Crippen LogP contribution in [0.1, 0.15) is 38.2 Å².